The number of carbonyl (C=O) groups excluding carboxylic acids is 1. The zero-order chi connectivity index (χ0) is 19.0. The summed E-state index contributed by atoms with van der Waals surface area (Å²) in [7, 11) is 0. The van der Waals surface area contributed by atoms with Gasteiger partial charge in [-0.1, -0.05) is 28.1 Å². The molecule has 8 heteroatoms. The highest BCUT2D eigenvalue weighted by Gasteiger charge is 2.35. The maximum atomic E-state index is 13.3. The Labute approximate surface area is 165 Å². The Bertz CT molecular complexity index is 860. The number of halogens is 1. The number of rotatable bonds is 3. The maximum absolute atomic E-state index is 13.3. The zero-order valence-electron chi connectivity index (χ0n) is 14.8. The highest BCUT2D eigenvalue weighted by atomic mass is 79.9. The average Bonchev–Trinajstić information content (AvgIpc) is 3.10. The van der Waals surface area contributed by atoms with Gasteiger partial charge in [0.1, 0.15) is 6.04 Å². The Morgan fingerprint density at radius 3 is 2.78 bits per heavy atom. The normalized spacial score (nSPS) is 20.6. The lowest BCUT2D eigenvalue weighted by Gasteiger charge is -2.38. The molecule has 1 saturated heterocycles. The Balaban J connectivity index is 1.54. The minimum Gasteiger partial charge on any atom is -0.465 e. The molecule has 2 aliphatic rings. The molecule has 142 valence electrons. The van der Waals surface area contributed by atoms with Gasteiger partial charge in [-0.15, -0.1) is 0 Å². The maximum Gasteiger partial charge on any atom is 0.407 e. The van der Waals surface area contributed by atoms with Crippen molar-refractivity contribution in [2.24, 2.45) is 5.92 Å². The van der Waals surface area contributed by atoms with E-state index >= 15 is 0 Å². The van der Waals surface area contributed by atoms with E-state index in [0.29, 0.717) is 32.1 Å². The van der Waals surface area contributed by atoms with E-state index in [1.807, 2.05) is 39.9 Å². The van der Waals surface area contributed by atoms with Crippen LogP contribution in [-0.2, 0) is 11.3 Å². The highest BCUT2D eigenvalue weighted by Crippen LogP contribution is 2.31. The molecule has 3 heterocycles. The summed E-state index contributed by atoms with van der Waals surface area (Å²) in [5, 5.41) is 9.10. The monoisotopic (exact) mass is 432 g/mol. The molecule has 2 aromatic rings. The van der Waals surface area contributed by atoms with Crippen LogP contribution >= 0.6 is 15.9 Å². The molecule has 0 aliphatic carbocycles. The number of hydrogen-bond donors (Lipinski definition) is 1. The Kier molecular flexibility index (Phi) is 4.90. The molecule has 1 unspecified atom stereocenters. The predicted molar refractivity (Wildman–Crippen MR) is 102 cm³/mol. The molecule has 1 atom stereocenters. The lowest BCUT2D eigenvalue weighted by atomic mass is 9.95. The summed E-state index contributed by atoms with van der Waals surface area (Å²) in [5.74, 6) is 0.390. The van der Waals surface area contributed by atoms with Crippen molar-refractivity contribution in [1.29, 1.82) is 0 Å². The molecule has 2 amide bonds. The van der Waals surface area contributed by atoms with Crippen molar-refractivity contribution in [2.45, 2.75) is 25.4 Å². The summed E-state index contributed by atoms with van der Waals surface area (Å²) in [6.07, 6.45) is 4.26. The van der Waals surface area contributed by atoms with Crippen LogP contribution in [0.1, 0.15) is 30.1 Å². The van der Waals surface area contributed by atoms with E-state index in [1.165, 1.54) is 4.90 Å². The molecule has 4 rings (SSSR count). The molecular formula is C19H21BrN4O3. The number of aromatic nitrogens is 2. The molecule has 1 aromatic heterocycles. The molecule has 7 nitrogen and oxygen atoms in total. The van der Waals surface area contributed by atoms with E-state index in [-0.39, 0.29) is 5.91 Å². The van der Waals surface area contributed by atoms with E-state index in [4.69, 9.17) is 5.11 Å². The third-order valence-electron chi connectivity index (χ3n) is 5.45. The fourth-order valence-electron chi connectivity index (χ4n) is 4.01. The number of hydrogen-bond acceptors (Lipinski definition) is 3. The molecule has 2 aliphatic heterocycles. The van der Waals surface area contributed by atoms with Crippen LogP contribution in [0.3, 0.4) is 0 Å². The number of likely N-dealkylation sites (tertiary alicyclic amines) is 1. The van der Waals surface area contributed by atoms with Crippen molar-refractivity contribution in [3.63, 3.8) is 0 Å². The molecule has 0 saturated carbocycles. The molecule has 1 aromatic carbocycles. The first kappa shape index (κ1) is 18.0. The molecule has 27 heavy (non-hydrogen) atoms. The van der Waals surface area contributed by atoms with Crippen LogP contribution < -0.4 is 0 Å². The summed E-state index contributed by atoms with van der Waals surface area (Å²) < 4.78 is 2.89. The first-order valence-corrected chi connectivity index (χ1v) is 9.85. The van der Waals surface area contributed by atoms with Crippen molar-refractivity contribution >= 4 is 27.9 Å². The third kappa shape index (κ3) is 3.58. The molecule has 1 fully saturated rings. The lowest BCUT2D eigenvalue weighted by molar-refractivity contribution is -0.137. The van der Waals surface area contributed by atoms with Gasteiger partial charge < -0.3 is 19.5 Å². The van der Waals surface area contributed by atoms with E-state index < -0.39 is 12.1 Å². The van der Waals surface area contributed by atoms with Gasteiger partial charge in [0.2, 0.25) is 0 Å². The van der Waals surface area contributed by atoms with Gasteiger partial charge in [0.05, 0.1) is 18.6 Å². The van der Waals surface area contributed by atoms with Crippen LogP contribution in [0.25, 0.3) is 0 Å². The van der Waals surface area contributed by atoms with E-state index in [9.17, 15) is 9.59 Å². The van der Waals surface area contributed by atoms with E-state index in [1.54, 1.807) is 6.33 Å². The van der Waals surface area contributed by atoms with Crippen molar-refractivity contribution in [2.75, 3.05) is 19.6 Å². The first-order valence-electron chi connectivity index (χ1n) is 9.06. The molecule has 0 spiro atoms. The second-order valence-corrected chi connectivity index (χ2v) is 8.10. The largest absolute Gasteiger partial charge is 0.465 e. The van der Waals surface area contributed by atoms with Crippen molar-refractivity contribution in [1.82, 2.24) is 19.4 Å². The topological polar surface area (TPSA) is 78.7 Å². The number of imidazole rings is 1. The van der Waals surface area contributed by atoms with Gasteiger partial charge >= 0.3 is 6.09 Å². The van der Waals surface area contributed by atoms with E-state index in [0.717, 1.165) is 28.6 Å². The Morgan fingerprint density at radius 1 is 1.30 bits per heavy atom. The van der Waals surface area contributed by atoms with E-state index in [2.05, 4.69) is 20.9 Å². The number of amides is 2. The van der Waals surface area contributed by atoms with Gasteiger partial charge in [-0.05, 0) is 36.5 Å². The molecule has 0 radical (unpaired) electrons. The summed E-state index contributed by atoms with van der Waals surface area (Å²) >= 11 is 3.49. The average molecular weight is 433 g/mol. The minimum atomic E-state index is -0.860. The highest BCUT2D eigenvalue weighted by molar-refractivity contribution is 9.10. The van der Waals surface area contributed by atoms with Gasteiger partial charge in [-0.3, -0.25) is 4.79 Å². The number of fused-ring (bicyclic) bond motifs is 1. The van der Waals surface area contributed by atoms with Crippen LogP contribution in [0.15, 0.2) is 41.3 Å². The second kappa shape index (κ2) is 7.34. The summed E-state index contributed by atoms with van der Waals surface area (Å²) in [6.45, 7) is 2.27. The van der Waals surface area contributed by atoms with Crippen LogP contribution in [0.4, 0.5) is 4.79 Å². The Hall–Kier alpha value is -2.35. The van der Waals surface area contributed by atoms with Crippen LogP contribution in [0.2, 0.25) is 0 Å². The molecular weight excluding hydrogens is 412 g/mol. The van der Waals surface area contributed by atoms with Gasteiger partial charge in [0.25, 0.3) is 5.91 Å². The summed E-state index contributed by atoms with van der Waals surface area (Å²) in [6, 6.07) is 7.41. The fraction of sp³-hybridized carbons (Fsp3) is 0.421. The number of carbonyl (C=O) groups is 2. The van der Waals surface area contributed by atoms with Crippen molar-refractivity contribution in [3.05, 3.63) is 52.5 Å². The predicted octanol–water partition coefficient (Wildman–Crippen LogP) is 2.97. The number of piperidine rings is 1. The van der Waals surface area contributed by atoms with Gasteiger partial charge in [0, 0.05) is 30.3 Å². The first-order chi connectivity index (χ1) is 13.0. The summed E-state index contributed by atoms with van der Waals surface area (Å²) in [5.41, 5.74) is 1.95. The summed E-state index contributed by atoms with van der Waals surface area (Å²) in [4.78, 5) is 32.0. The molecule has 0 bridgehead atoms. The number of carboxylic acid groups (broad SMARTS) is 1. The Morgan fingerprint density at radius 2 is 2.07 bits per heavy atom. The third-order valence-corrected chi connectivity index (χ3v) is 5.94. The minimum absolute atomic E-state index is 0.0688. The van der Waals surface area contributed by atoms with Gasteiger partial charge in [0.15, 0.2) is 0 Å². The van der Waals surface area contributed by atoms with Gasteiger partial charge in [-0.2, -0.15) is 0 Å². The second-order valence-electron chi connectivity index (χ2n) is 7.18. The lowest BCUT2D eigenvalue weighted by Crippen LogP contribution is -2.47. The quantitative estimate of drug-likeness (QED) is 0.808. The van der Waals surface area contributed by atoms with Crippen molar-refractivity contribution < 1.29 is 14.7 Å². The standard InChI is InChI=1S/C19H21BrN4O3/c20-15-3-1-2-14(8-15)17-18(25)23(11-16-9-21-12-24(16)17)10-13-4-6-22(7-5-13)19(26)27/h1-3,8-9,12-13,17H,4-7,10-11H2,(H,26,27). The fourth-order valence-corrected chi connectivity index (χ4v) is 4.42. The zero-order valence-corrected chi connectivity index (χ0v) is 16.4. The number of nitrogens with zero attached hydrogens (tertiary/aromatic N) is 4. The van der Waals surface area contributed by atoms with Crippen LogP contribution in [-0.4, -0.2) is 56.1 Å². The molecule has 1 N–H and O–H groups in total. The van der Waals surface area contributed by atoms with Crippen LogP contribution in [0.5, 0.6) is 0 Å². The SMILES string of the molecule is O=C(O)N1CCC(CN2Cc3cncn3C(c3cccc(Br)c3)C2=O)CC1. The number of benzene rings is 1. The van der Waals surface area contributed by atoms with Gasteiger partial charge in [-0.25, -0.2) is 9.78 Å². The van der Waals surface area contributed by atoms with Crippen LogP contribution in [0, 0.1) is 5.92 Å². The smallest absolute Gasteiger partial charge is 0.407 e. The van der Waals surface area contributed by atoms with Crippen molar-refractivity contribution in [3.8, 4) is 0 Å².